The zero-order chi connectivity index (χ0) is 14.3. The molecule has 0 bridgehead atoms. The molecule has 2 unspecified atom stereocenters. The van der Waals surface area contributed by atoms with Crippen molar-refractivity contribution in [2.45, 2.75) is 39.2 Å². The van der Waals surface area contributed by atoms with E-state index in [2.05, 4.69) is 5.32 Å². The van der Waals surface area contributed by atoms with Crippen LogP contribution < -0.4 is 11.1 Å². The lowest BCUT2D eigenvalue weighted by atomic mass is 10.0. The molecule has 4 heteroatoms. The van der Waals surface area contributed by atoms with E-state index in [0.29, 0.717) is 6.54 Å². The Kier molecular flexibility index (Phi) is 6.89. The zero-order valence-electron chi connectivity index (χ0n) is 11.7. The predicted octanol–water partition coefficient (Wildman–Crippen LogP) is 2.76. The second-order valence-corrected chi connectivity index (χ2v) is 5.44. The monoisotopic (exact) mass is 282 g/mol. The fraction of sp³-hybridized carbons (Fsp3) is 0.533. The molecule has 0 aliphatic carbocycles. The van der Waals surface area contributed by atoms with Crippen LogP contribution in [-0.2, 0) is 11.2 Å². The van der Waals surface area contributed by atoms with Crippen molar-refractivity contribution in [2.24, 2.45) is 11.7 Å². The lowest BCUT2D eigenvalue weighted by Crippen LogP contribution is -2.37. The third-order valence-corrected chi connectivity index (χ3v) is 3.53. The minimum Gasteiger partial charge on any atom is -0.353 e. The van der Waals surface area contributed by atoms with E-state index in [1.54, 1.807) is 0 Å². The number of carbonyl (C=O) groups is 1. The highest BCUT2D eigenvalue weighted by Gasteiger charge is 2.15. The first-order chi connectivity index (χ1) is 9.04. The molecule has 1 amide bonds. The molecular weight excluding hydrogens is 260 g/mol. The highest BCUT2D eigenvalue weighted by Crippen LogP contribution is 2.16. The van der Waals surface area contributed by atoms with E-state index in [-0.39, 0.29) is 17.9 Å². The Bertz CT molecular complexity index is 409. The number of hydrogen-bond donors (Lipinski definition) is 2. The summed E-state index contributed by atoms with van der Waals surface area (Å²) in [4.78, 5) is 11.9. The smallest absolute Gasteiger partial charge is 0.223 e. The third kappa shape index (κ3) is 5.62. The van der Waals surface area contributed by atoms with E-state index in [9.17, 15) is 4.79 Å². The summed E-state index contributed by atoms with van der Waals surface area (Å²) in [5.74, 6) is 0.102. The van der Waals surface area contributed by atoms with Crippen LogP contribution in [0, 0.1) is 5.92 Å². The molecule has 0 fully saturated rings. The number of benzene rings is 1. The van der Waals surface area contributed by atoms with Crippen LogP contribution in [0.5, 0.6) is 0 Å². The third-order valence-electron chi connectivity index (χ3n) is 3.16. The topological polar surface area (TPSA) is 55.1 Å². The van der Waals surface area contributed by atoms with Gasteiger partial charge in [-0.1, -0.05) is 36.7 Å². The lowest BCUT2D eigenvalue weighted by molar-refractivity contribution is -0.125. The lowest BCUT2D eigenvalue weighted by Gasteiger charge is -2.18. The van der Waals surface area contributed by atoms with Crippen LogP contribution in [-0.4, -0.2) is 18.5 Å². The van der Waals surface area contributed by atoms with E-state index >= 15 is 0 Å². The number of nitrogens with two attached hydrogens (primary N) is 1. The Hall–Kier alpha value is -1.06. The van der Waals surface area contributed by atoms with Gasteiger partial charge in [-0.05, 0) is 44.4 Å². The summed E-state index contributed by atoms with van der Waals surface area (Å²) in [5, 5.41) is 3.78. The van der Waals surface area contributed by atoms with E-state index < -0.39 is 0 Å². The molecule has 1 aromatic rings. The molecular formula is C15H23ClN2O. The van der Waals surface area contributed by atoms with E-state index in [0.717, 1.165) is 29.8 Å². The minimum absolute atomic E-state index is 0.0113. The highest BCUT2D eigenvalue weighted by atomic mass is 35.5. The van der Waals surface area contributed by atoms with Gasteiger partial charge >= 0.3 is 0 Å². The van der Waals surface area contributed by atoms with Crippen LogP contribution in [0.4, 0.5) is 0 Å². The molecule has 0 aliphatic rings. The summed E-state index contributed by atoms with van der Waals surface area (Å²) in [7, 11) is 0. The fourth-order valence-electron chi connectivity index (χ4n) is 1.99. The maximum atomic E-state index is 11.9. The standard InChI is InChI=1S/C15H23ClN2O/c1-11(6-5-9-17)15(19)18-12(2)10-13-7-3-4-8-14(13)16/h3-4,7-8,11-12H,5-6,9-10,17H2,1-2H3,(H,18,19). The first-order valence-electron chi connectivity index (χ1n) is 6.78. The Morgan fingerprint density at radius 1 is 1.37 bits per heavy atom. The molecule has 19 heavy (non-hydrogen) atoms. The van der Waals surface area contributed by atoms with Gasteiger partial charge in [-0.2, -0.15) is 0 Å². The van der Waals surface area contributed by atoms with Gasteiger partial charge in [0, 0.05) is 17.0 Å². The minimum atomic E-state index is 0.0113. The molecule has 3 nitrogen and oxygen atoms in total. The number of carbonyl (C=O) groups excluding carboxylic acids is 1. The maximum Gasteiger partial charge on any atom is 0.223 e. The van der Waals surface area contributed by atoms with Crippen molar-refractivity contribution in [3.63, 3.8) is 0 Å². The molecule has 0 aromatic heterocycles. The molecule has 0 radical (unpaired) electrons. The van der Waals surface area contributed by atoms with Gasteiger partial charge in [0.05, 0.1) is 0 Å². The largest absolute Gasteiger partial charge is 0.353 e. The van der Waals surface area contributed by atoms with E-state index in [1.165, 1.54) is 0 Å². The van der Waals surface area contributed by atoms with Crippen molar-refractivity contribution < 1.29 is 4.79 Å². The Morgan fingerprint density at radius 3 is 2.68 bits per heavy atom. The second-order valence-electron chi connectivity index (χ2n) is 5.04. The van der Waals surface area contributed by atoms with Crippen LogP contribution in [0.1, 0.15) is 32.3 Å². The van der Waals surface area contributed by atoms with Gasteiger partial charge < -0.3 is 11.1 Å². The molecule has 0 saturated heterocycles. The Balaban J connectivity index is 2.45. The van der Waals surface area contributed by atoms with Gasteiger partial charge in [0.25, 0.3) is 0 Å². The predicted molar refractivity (Wildman–Crippen MR) is 80.2 cm³/mol. The van der Waals surface area contributed by atoms with Crippen LogP contribution in [0.25, 0.3) is 0 Å². The fourth-order valence-corrected chi connectivity index (χ4v) is 2.20. The first-order valence-corrected chi connectivity index (χ1v) is 7.16. The molecule has 0 aliphatic heterocycles. The average Bonchev–Trinajstić information content (AvgIpc) is 2.38. The first kappa shape index (κ1) is 16.0. The van der Waals surface area contributed by atoms with Crippen LogP contribution in [0.15, 0.2) is 24.3 Å². The number of rotatable bonds is 7. The molecule has 1 rings (SSSR count). The molecule has 2 atom stereocenters. The van der Waals surface area contributed by atoms with Gasteiger partial charge in [-0.15, -0.1) is 0 Å². The highest BCUT2D eigenvalue weighted by molar-refractivity contribution is 6.31. The van der Waals surface area contributed by atoms with Gasteiger partial charge in [-0.25, -0.2) is 0 Å². The van der Waals surface area contributed by atoms with Gasteiger partial charge in [0.1, 0.15) is 0 Å². The summed E-state index contributed by atoms with van der Waals surface area (Å²) in [5.41, 5.74) is 6.51. The molecule has 0 saturated carbocycles. The van der Waals surface area contributed by atoms with E-state index in [1.807, 2.05) is 38.1 Å². The SMILES string of the molecule is CC(Cc1ccccc1Cl)NC(=O)C(C)CCCN. The number of nitrogens with one attached hydrogen (secondary N) is 1. The summed E-state index contributed by atoms with van der Waals surface area (Å²) in [6, 6.07) is 7.80. The quantitative estimate of drug-likeness (QED) is 0.808. The number of halogens is 1. The van der Waals surface area contributed by atoms with Crippen molar-refractivity contribution in [3.8, 4) is 0 Å². The van der Waals surface area contributed by atoms with Crippen LogP contribution >= 0.6 is 11.6 Å². The van der Waals surface area contributed by atoms with Crippen LogP contribution in [0.3, 0.4) is 0 Å². The Labute approximate surface area is 120 Å². The Morgan fingerprint density at radius 2 is 2.05 bits per heavy atom. The normalized spacial score (nSPS) is 13.9. The number of amides is 1. The molecule has 3 N–H and O–H groups in total. The summed E-state index contributed by atoms with van der Waals surface area (Å²) >= 11 is 6.11. The summed E-state index contributed by atoms with van der Waals surface area (Å²) in [6.07, 6.45) is 2.46. The average molecular weight is 283 g/mol. The number of hydrogen-bond acceptors (Lipinski definition) is 2. The zero-order valence-corrected chi connectivity index (χ0v) is 12.4. The van der Waals surface area contributed by atoms with Gasteiger partial charge in [0.2, 0.25) is 5.91 Å². The molecule has 0 spiro atoms. The van der Waals surface area contributed by atoms with Crippen LogP contribution in [0.2, 0.25) is 5.02 Å². The van der Waals surface area contributed by atoms with Crippen molar-refractivity contribution in [3.05, 3.63) is 34.9 Å². The molecule has 0 heterocycles. The second kappa shape index (κ2) is 8.18. The summed E-state index contributed by atoms with van der Waals surface area (Å²) < 4.78 is 0. The van der Waals surface area contributed by atoms with Crippen molar-refractivity contribution in [2.75, 3.05) is 6.54 Å². The molecule has 1 aromatic carbocycles. The van der Waals surface area contributed by atoms with Crippen molar-refractivity contribution in [1.82, 2.24) is 5.32 Å². The molecule has 106 valence electrons. The van der Waals surface area contributed by atoms with Crippen molar-refractivity contribution >= 4 is 17.5 Å². The van der Waals surface area contributed by atoms with Crippen molar-refractivity contribution in [1.29, 1.82) is 0 Å². The summed E-state index contributed by atoms with van der Waals surface area (Å²) in [6.45, 7) is 4.57. The maximum absolute atomic E-state index is 11.9. The van der Waals surface area contributed by atoms with E-state index in [4.69, 9.17) is 17.3 Å². The van der Waals surface area contributed by atoms with Gasteiger partial charge in [0.15, 0.2) is 0 Å². The van der Waals surface area contributed by atoms with Gasteiger partial charge in [-0.3, -0.25) is 4.79 Å².